The molecule has 106 valence electrons. The monoisotopic (exact) mass is 270 g/mol. The number of amides is 2. The van der Waals surface area contributed by atoms with Gasteiger partial charge in [0.15, 0.2) is 0 Å². The molecule has 1 heterocycles. The molecule has 0 aromatic carbocycles. The molecule has 0 bridgehead atoms. The number of urea groups is 1. The van der Waals surface area contributed by atoms with Crippen LogP contribution in [0.3, 0.4) is 0 Å². The Kier molecular flexibility index (Phi) is 4.55. The van der Waals surface area contributed by atoms with Gasteiger partial charge in [0.05, 0.1) is 18.7 Å². The highest BCUT2D eigenvalue weighted by Crippen LogP contribution is 2.12. The van der Waals surface area contributed by atoms with Crippen LogP contribution < -0.4 is 5.32 Å². The predicted molar refractivity (Wildman–Crippen MR) is 66.8 cm³/mol. The van der Waals surface area contributed by atoms with E-state index in [0.717, 1.165) is 0 Å². The average Bonchev–Trinajstić information content (AvgIpc) is 2.83. The van der Waals surface area contributed by atoms with E-state index in [4.69, 9.17) is 14.6 Å². The third kappa shape index (κ3) is 3.72. The number of rotatable bonds is 5. The number of carbonyl (C=O) groups excluding carboxylic acids is 1. The molecular weight excluding hydrogens is 252 g/mol. The van der Waals surface area contributed by atoms with Crippen LogP contribution >= 0.6 is 0 Å². The van der Waals surface area contributed by atoms with Gasteiger partial charge in [-0.3, -0.25) is 0 Å². The zero-order valence-electron chi connectivity index (χ0n) is 11.1. The highest BCUT2D eigenvalue weighted by atomic mass is 16.4. The summed E-state index contributed by atoms with van der Waals surface area (Å²) in [6.45, 7) is 3.36. The van der Waals surface area contributed by atoms with Crippen LogP contribution in [0, 0.1) is 0 Å². The first kappa shape index (κ1) is 15.0. The number of carboxylic acid groups (broad SMARTS) is 1. The van der Waals surface area contributed by atoms with Crippen molar-refractivity contribution >= 4 is 12.0 Å². The van der Waals surface area contributed by atoms with Crippen LogP contribution in [-0.4, -0.2) is 46.3 Å². The van der Waals surface area contributed by atoms with Gasteiger partial charge in [0.2, 0.25) is 5.76 Å². The Hall–Kier alpha value is -2.02. The first-order valence-corrected chi connectivity index (χ1v) is 5.72. The minimum absolute atomic E-state index is 0.0813. The first-order chi connectivity index (χ1) is 8.77. The number of hydrogen-bond donors (Lipinski definition) is 3. The van der Waals surface area contributed by atoms with Crippen LogP contribution in [0.5, 0.6) is 0 Å². The summed E-state index contributed by atoms with van der Waals surface area (Å²) in [5.41, 5.74) is -0.681. The van der Waals surface area contributed by atoms with Crippen LogP contribution in [0.2, 0.25) is 0 Å². The van der Waals surface area contributed by atoms with Gasteiger partial charge in [-0.15, -0.1) is 0 Å². The lowest BCUT2D eigenvalue weighted by Crippen LogP contribution is -2.51. The quantitative estimate of drug-likeness (QED) is 0.737. The van der Waals surface area contributed by atoms with Crippen LogP contribution in [0.25, 0.3) is 0 Å². The molecule has 3 N–H and O–H groups in total. The molecule has 1 aromatic rings. The van der Waals surface area contributed by atoms with Crippen LogP contribution in [0.15, 0.2) is 16.5 Å². The number of aliphatic hydroxyl groups excluding tert-OH is 1. The van der Waals surface area contributed by atoms with Gasteiger partial charge >= 0.3 is 12.0 Å². The fourth-order valence-corrected chi connectivity index (χ4v) is 1.25. The molecule has 0 aliphatic carbocycles. The maximum absolute atomic E-state index is 11.8. The van der Waals surface area contributed by atoms with E-state index >= 15 is 0 Å². The number of nitrogens with zero attached hydrogens (tertiary/aromatic N) is 1. The summed E-state index contributed by atoms with van der Waals surface area (Å²) in [5, 5.41) is 20.4. The Morgan fingerprint density at radius 2 is 2.05 bits per heavy atom. The van der Waals surface area contributed by atoms with Crippen molar-refractivity contribution in [2.75, 3.05) is 13.7 Å². The summed E-state index contributed by atoms with van der Waals surface area (Å²) in [6, 6.07) is 2.43. The Bertz CT molecular complexity index is 466. The SMILES string of the molecule is CN(C(=O)NCc1ccc(C(=O)O)o1)C(C)(C)CO. The maximum Gasteiger partial charge on any atom is 0.371 e. The van der Waals surface area contributed by atoms with Crippen molar-refractivity contribution in [1.29, 1.82) is 0 Å². The third-order valence-electron chi connectivity index (χ3n) is 2.89. The molecule has 0 atom stereocenters. The van der Waals surface area contributed by atoms with E-state index < -0.39 is 11.5 Å². The van der Waals surface area contributed by atoms with E-state index in [2.05, 4.69) is 5.32 Å². The van der Waals surface area contributed by atoms with E-state index in [1.54, 1.807) is 20.9 Å². The number of aromatic carboxylic acids is 1. The number of nitrogens with one attached hydrogen (secondary N) is 1. The maximum atomic E-state index is 11.8. The smallest absolute Gasteiger partial charge is 0.371 e. The molecule has 19 heavy (non-hydrogen) atoms. The van der Waals surface area contributed by atoms with E-state index in [9.17, 15) is 9.59 Å². The van der Waals surface area contributed by atoms with E-state index in [-0.39, 0.29) is 24.9 Å². The summed E-state index contributed by atoms with van der Waals surface area (Å²) in [5.74, 6) is -0.981. The van der Waals surface area contributed by atoms with Gasteiger partial charge in [-0.25, -0.2) is 9.59 Å². The second-order valence-corrected chi connectivity index (χ2v) is 4.76. The molecule has 0 radical (unpaired) electrons. The molecular formula is C12H18N2O5. The normalized spacial score (nSPS) is 11.2. The van der Waals surface area contributed by atoms with Crippen molar-refractivity contribution in [1.82, 2.24) is 10.2 Å². The highest BCUT2D eigenvalue weighted by Gasteiger charge is 2.26. The molecule has 0 aliphatic rings. The summed E-state index contributed by atoms with van der Waals surface area (Å²) in [7, 11) is 1.57. The van der Waals surface area contributed by atoms with Crippen molar-refractivity contribution in [3.63, 3.8) is 0 Å². The van der Waals surface area contributed by atoms with Gasteiger partial charge in [0.25, 0.3) is 0 Å². The van der Waals surface area contributed by atoms with Crippen LogP contribution in [0.1, 0.15) is 30.2 Å². The number of likely N-dealkylation sites (N-methyl/N-ethyl adjacent to an activating group) is 1. The molecule has 7 nitrogen and oxygen atoms in total. The average molecular weight is 270 g/mol. The Labute approximate surface area is 110 Å². The molecule has 1 aromatic heterocycles. The minimum Gasteiger partial charge on any atom is -0.475 e. The van der Waals surface area contributed by atoms with Gasteiger partial charge < -0.3 is 24.8 Å². The largest absolute Gasteiger partial charge is 0.475 e. The molecule has 1 rings (SSSR count). The number of furan rings is 1. The first-order valence-electron chi connectivity index (χ1n) is 5.72. The van der Waals surface area contributed by atoms with Gasteiger partial charge in [-0.1, -0.05) is 0 Å². The summed E-state index contributed by atoms with van der Waals surface area (Å²) < 4.78 is 5.00. The molecule has 0 aliphatic heterocycles. The minimum atomic E-state index is -1.16. The molecule has 0 fully saturated rings. The molecule has 0 spiro atoms. The molecule has 0 saturated heterocycles. The van der Waals surface area contributed by atoms with E-state index in [1.807, 2.05) is 0 Å². The Morgan fingerprint density at radius 1 is 1.42 bits per heavy atom. The number of hydrogen-bond acceptors (Lipinski definition) is 4. The lowest BCUT2D eigenvalue weighted by Gasteiger charge is -2.33. The predicted octanol–water partition coefficient (Wildman–Crippen LogP) is 0.890. The molecule has 0 unspecified atom stereocenters. The van der Waals surface area contributed by atoms with Gasteiger partial charge in [-0.05, 0) is 26.0 Å². The standard InChI is InChI=1S/C12H18N2O5/c1-12(2,7-15)14(3)11(18)13-6-8-4-5-9(19-8)10(16)17/h4-5,15H,6-7H2,1-3H3,(H,13,18)(H,16,17). The van der Waals surface area contributed by atoms with Crippen molar-refractivity contribution in [2.45, 2.75) is 25.9 Å². The molecule has 2 amide bonds. The topological polar surface area (TPSA) is 103 Å². The molecule has 7 heteroatoms. The second kappa shape index (κ2) is 5.75. The fraction of sp³-hybridized carbons (Fsp3) is 0.500. The number of aliphatic hydroxyl groups is 1. The summed E-state index contributed by atoms with van der Waals surface area (Å²) in [4.78, 5) is 23.8. The zero-order valence-corrected chi connectivity index (χ0v) is 11.1. The second-order valence-electron chi connectivity index (χ2n) is 4.76. The van der Waals surface area contributed by atoms with Gasteiger partial charge in [0, 0.05) is 7.05 Å². The van der Waals surface area contributed by atoms with Crippen LogP contribution in [-0.2, 0) is 6.54 Å². The lowest BCUT2D eigenvalue weighted by atomic mass is 10.1. The van der Waals surface area contributed by atoms with Crippen molar-refractivity contribution in [3.8, 4) is 0 Å². The lowest BCUT2D eigenvalue weighted by molar-refractivity contribution is 0.0660. The third-order valence-corrected chi connectivity index (χ3v) is 2.89. The zero-order chi connectivity index (χ0) is 14.6. The van der Waals surface area contributed by atoms with Crippen molar-refractivity contribution < 1.29 is 24.2 Å². The Morgan fingerprint density at radius 3 is 2.53 bits per heavy atom. The van der Waals surface area contributed by atoms with Crippen molar-refractivity contribution in [3.05, 3.63) is 23.7 Å². The summed E-state index contributed by atoms with van der Waals surface area (Å²) in [6.07, 6.45) is 0. The number of carbonyl (C=O) groups is 2. The van der Waals surface area contributed by atoms with Gasteiger partial charge in [0.1, 0.15) is 5.76 Å². The van der Waals surface area contributed by atoms with Gasteiger partial charge in [-0.2, -0.15) is 0 Å². The van der Waals surface area contributed by atoms with E-state index in [1.165, 1.54) is 17.0 Å². The highest BCUT2D eigenvalue weighted by molar-refractivity contribution is 5.84. The molecule has 0 saturated carbocycles. The van der Waals surface area contributed by atoms with Crippen molar-refractivity contribution in [2.24, 2.45) is 0 Å². The summed E-state index contributed by atoms with van der Waals surface area (Å²) >= 11 is 0. The van der Waals surface area contributed by atoms with Crippen LogP contribution in [0.4, 0.5) is 4.79 Å². The fourth-order valence-electron chi connectivity index (χ4n) is 1.25. The number of carboxylic acids is 1. The van der Waals surface area contributed by atoms with E-state index in [0.29, 0.717) is 5.76 Å². The Balaban J connectivity index is 2.56.